The molecule has 2 N–H and O–H groups in total. The number of hydrogen-bond acceptors (Lipinski definition) is 2. The molecule has 1 atom stereocenters. The Morgan fingerprint density at radius 1 is 1.33 bits per heavy atom. The zero-order chi connectivity index (χ0) is 11.9. The molecule has 5 heteroatoms. The van der Waals surface area contributed by atoms with Crippen molar-refractivity contribution in [2.45, 2.75) is 45.2 Å². The zero-order valence-corrected chi connectivity index (χ0v) is 9.46. The smallest absolute Gasteiger partial charge is 0.260 e. The molecule has 0 spiro atoms. The van der Waals surface area contributed by atoms with Crippen molar-refractivity contribution in [2.75, 3.05) is 0 Å². The summed E-state index contributed by atoms with van der Waals surface area (Å²) in [5, 5.41) is 4.04. The van der Waals surface area contributed by atoms with E-state index in [1.807, 2.05) is 20.8 Å². The minimum Gasteiger partial charge on any atom is -0.317 e. The van der Waals surface area contributed by atoms with Gasteiger partial charge in [-0.05, 0) is 27.7 Å². The third-order valence-electron chi connectivity index (χ3n) is 2.35. The van der Waals surface area contributed by atoms with Gasteiger partial charge < -0.3 is 5.73 Å². The van der Waals surface area contributed by atoms with E-state index in [4.69, 9.17) is 5.73 Å². The van der Waals surface area contributed by atoms with E-state index in [-0.39, 0.29) is 5.54 Å². The Morgan fingerprint density at radius 2 is 1.87 bits per heavy atom. The lowest BCUT2D eigenvalue weighted by molar-refractivity contribution is 0.0624. The second-order valence-corrected chi connectivity index (χ2v) is 4.93. The molecule has 0 amide bonds. The summed E-state index contributed by atoms with van der Waals surface area (Å²) in [7, 11) is 0. The molecular weight excluding hydrogens is 200 g/mol. The summed E-state index contributed by atoms with van der Waals surface area (Å²) in [5.74, 6) is 0. The van der Waals surface area contributed by atoms with Crippen LogP contribution in [0.5, 0.6) is 0 Å². The molecule has 1 unspecified atom stereocenters. The first-order valence-electron chi connectivity index (χ1n) is 4.78. The monoisotopic (exact) mass is 217 g/mol. The van der Waals surface area contributed by atoms with Gasteiger partial charge in [0.05, 0.1) is 11.7 Å². The zero-order valence-electron chi connectivity index (χ0n) is 9.46. The lowest BCUT2D eigenvalue weighted by Crippen LogP contribution is -2.40. The van der Waals surface area contributed by atoms with Crippen LogP contribution in [0.1, 0.15) is 33.3 Å². The quantitative estimate of drug-likeness (QED) is 0.824. The van der Waals surface area contributed by atoms with Crippen LogP contribution in [0.25, 0.3) is 0 Å². The van der Waals surface area contributed by atoms with Gasteiger partial charge in [0.25, 0.3) is 6.43 Å². The summed E-state index contributed by atoms with van der Waals surface area (Å²) in [6, 6.07) is 0. The Kier molecular flexibility index (Phi) is 2.87. The van der Waals surface area contributed by atoms with Crippen molar-refractivity contribution in [3.05, 3.63) is 18.0 Å². The molecule has 1 rings (SSSR count). The highest BCUT2D eigenvalue weighted by molar-refractivity contribution is 5.17. The van der Waals surface area contributed by atoms with Crippen LogP contribution in [0.4, 0.5) is 8.78 Å². The molecule has 0 aliphatic rings. The van der Waals surface area contributed by atoms with E-state index in [2.05, 4.69) is 5.10 Å². The summed E-state index contributed by atoms with van der Waals surface area (Å²) in [6.07, 6.45) is 0.374. The molecule has 0 fully saturated rings. The lowest BCUT2D eigenvalue weighted by Gasteiger charge is -2.23. The average Bonchev–Trinajstić information content (AvgIpc) is 2.50. The number of halogens is 2. The third-order valence-corrected chi connectivity index (χ3v) is 2.35. The fourth-order valence-corrected chi connectivity index (χ4v) is 1.09. The standard InChI is InChI=1S/C10H17F2N3/c1-9(2,3)15-6-7(5-14-15)10(4,13)8(11)12/h5-6,8H,13H2,1-4H3. The van der Waals surface area contributed by atoms with Gasteiger partial charge >= 0.3 is 0 Å². The van der Waals surface area contributed by atoms with Crippen LogP contribution in [0.15, 0.2) is 12.4 Å². The van der Waals surface area contributed by atoms with Crippen molar-refractivity contribution in [3.63, 3.8) is 0 Å². The molecule has 0 saturated carbocycles. The van der Waals surface area contributed by atoms with Crippen LogP contribution in [0.2, 0.25) is 0 Å². The van der Waals surface area contributed by atoms with Crippen molar-refractivity contribution in [2.24, 2.45) is 5.73 Å². The number of nitrogens with two attached hydrogens (primary N) is 1. The van der Waals surface area contributed by atoms with E-state index in [0.717, 1.165) is 0 Å². The predicted molar refractivity (Wildman–Crippen MR) is 54.8 cm³/mol. The molecule has 0 aliphatic carbocycles. The summed E-state index contributed by atoms with van der Waals surface area (Å²) >= 11 is 0. The van der Waals surface area contributed by atoms with E-state index in [1.54, 1.807) is 10.9 Å². The molecule has 15 heavy (non-hydrogen) atoms. The van der Waals surface area contributed by atoms with Gasteiger partial charge in [0.15, 0.2) is 0 Å². The van der Waals surface area contributed by atoms with Crippen molar-refractivity contribution in [1.29, 1.82) is 0 Å². The van der Waals surface area contributed by atoms with Gasteiger partial charge in [-0.2, -0.15) is 5.10 Å². The van der Waals surface area contributed by atoms with Crippen LogP contribution in [0.3, 0.4) is 0 Å². The van der Waals surface area contributed by atoms with Crippen LogP contribution in [-0.4, -0.2) is 16.2 Å². The average molecular weight is 217 g/mol. The molecule has 0 bridgehead atoms. The fourth-order valence-electron chi connectivity index (χ4n) is 1.09. The van der Waals surface area contributed by atoms with Crippen molar-refractivity contribution in [1.82, 2.24) is 9.78 Å². The minimum absolute atomic E-state index is 0.226. The molecule has 0 saturated heterocycles. The van der Waals surface area contributed by atoms with Gasteiger partial charge in [-0.1, -0.05) is 0 Å². The Bertz CT molecular complexity index is 337. The molecule has 0 aliphatic heterocycles. The van der Waals surface area contributed by atoms with Crippen LogP contribution >= 0.6 is 0 Å². The van der Waals surface area contributed by atoms with Gasteiger partial charge in [0, 0.05) is 11.8 Å². The maximum Gasteiger partial charge on any atom is 0.260 e. The number of alkyl halides is 2. The van der Waals surface area contributed by atoms with Gasteiger partial charge in [0.2, 0.25) is 0 Å². The molecule has 0 aromatic carbocycles. The highest BCUT2D eigenvalue weighted by Crippen LogP contribution is 2.26. The number of nitrogens with zero attached hydrogens (tertiary/aromatic N) is 2. The number of rotatable bonds is 2. The SMILES string of the molecule is CC(N)(c1cnn(C(C)(C)C)c1)C(F)F. The van der Waals surface area contributed by atoms with Gasteiger partial charge in [0.1, 0.15) is 5.54 Å². The molecule has 1 aromatic heterocycles. The van der Waals surface area contributed by atoms with Gasteiger partial charge in [-0.15, -0.1) is 0 Å². The van der Waals surface area contributed by atoms with Crippen molar-refractivity contribution in [3.8, 4) is 0 Å². The van der Waals surface area contributed by atoms with Crippen LogP contribution in [0, 0.1) is 0 Å². The minimum atomic E-state index is -2.60. The van der Waals surface area contributed by atoms with Crippen molar-refractivity contribution >= 4 is 0 Å². The van der Waals surface area contributed by atoms with Gasteiger partial charge in [-0.3, -0.25) is 4.68 Å². The van der Waals surface area contributed by atoms with E-state index < -0.39 is 12.0 Å². The number of aromatic nitrogens is 2. The predicted octanol–water partition coefficient (Wildman–Crippen LogP) is 2.08. The molecule has 1 aromatic rings. The highest BCUT2D eigenvalue weighted by Gasteiger charge is 2.34. The van der Waals surface area contributed by atoms with Gasteiger partial charge in [-0.25, -0.2) is 8.78 Å². The molecular formula is C10H17F2N3. The van der Waals surface area contributed by atoms with Crippen LogP contribution in [-0.2, 0) is 11.1 Å². The molecule has 0 radical (unpaired) electrons. The molecule has 3 nitrogen and oxygen atoms in total. The second-order valence-electron chi connectivity index (χ2n) is 4.93. The first-order chi connectivity index (χ1) is 6.65. The first kappa shape index (κ1) is 12.1. The Labute approximate surface area is 88.3 Å². The van der Waals surface area contributed by atoms with E-state index in [1.165, 1.54) is 13.1 Å². The first-order valence-corrected chi connectivity index (χ1v) is 4.78. The summed E-state index contributed by atoms with van der Waals surface area (Å²) in [4.78, 5) is 0. The van der Waals surface area contributed by atoms with Crippen molar-refractivity contribution < 1.29 is 8.78 Å². The molecule has 86 valence electrons. The lowest BCUT2D eigenvalue weighted by atomic mass is 9.97. The summed E-state index contributed by atoms with van der Waals surface area (Å²) in [6.45, 7) is 7.14. The van der Waals surface area contributed by atoms with E-state index in [9.17, 15) is 8.78 Å². The Balaban J connectivity index is 3.04. The highest BCUT2D eigenvalue weighted by atomic mass is 19.3. The van der Waals surface area contributed by atoms with E-state index >= 15 is 0 Å². The fraction of sp³-hybridized carbons (Fsp3) is 0.700. The Morgan fingerprint density at radius 3 is 2.20 bits per heavy atom. The molecule has 1 heterocycles. The second kappa shape index (κ2) is 3.56. The summed E-state index contributed by atoms with van der Waals surface area (Å²) < 4.78 is 26.9. The summed E-state index contributed by atoms with van der Waals surface area (Å²) in [5.41, 5.74) is 4.03. The topological polar surface area (TPSA) is 43.8 Å². The number of hydrogen-bond donors (Lipinski definition) is 1. The normalized spacial score (nSPS) is 16.8. The maximum atomic E-state index is 12.6. The third kappa shape index (κ3) is 2.34. The van der Waals surface area contributed by atoms with Crippen LogP contribution < -0.4 is 5.73 Å². The van der Waals surface area contributed by atoms with E-state index in [0.29, 0.717) is 5.56 Å². The Hall–Kier alpha value is -0.970. The largest absolute Gasteiger partial charge is 0.317 e. The maximum absolute atomic E-state index is 12.6.